The van der Waals surface area contributed by atoms with Crippen molar-refractivity contribution in [2.24, 2.45) is 0 Å². The minimum atomic E-state index is -0.500. The number of carbonyl (C=O) groups excluding carboxylic acids is 2. The van der Waals surface area contributed by atoms with E-state index in [2.05, 4.69) is 10.3 Å². The lowest BCUT2D eigenvalue weighted by Gasteiger charge is -2.19. The number of rotatable bonds is 6. The van der Waals surface area contributed by atoms with Crippen molar-refractivity contribution in [1.82, 2.24) is 10.3 Å². The molecule has 0 atom stereocenters. The van der Waals surface area contributed by atoms with Crippen molar-refractivity contribution in [3.8, 4) is 0 Å². The predicted molar refractivity (Wildman–Crippen MR) is 85.8 cm³/mol. The summed E-state index contributed by atoms with van der Waals surface area (Å²) in [7, 11) is 0. The van der Waals surface area contributed by atoms with Gasteiger partial charge in [-0.15, -0.1) is 0 Å². The van der Waals surface area contributed by atoms with Crippen molar-refractivity contribution in [1.29, 1.82) is 0 Å². The number of nitrogens with one attached hydrogen (secondary N) is 1. The van der Waals surface area contributed by atoms with Crippen LogP contribution in [0.4, 0.5) is 10.6 Å². The maximum Gasteiger partial charge on any atom is 0.407 e. The first kappa shape index (κ1) is 17.9. The highest BCUT2D eigenvalue weighted by Crippen LogP contribution is 2.12. The van der Waals surface area contributed by atoms with E-state index in [9.17, 15) is 9.59 Å². The number of anilines is 1. The van der Waals surface area contributed by atoms with Crippen LogP contribution in [0.1, 0.15) is 56.0 Å². The Hall–Kier alpha value is -2.11. The maximum atomic E-state index is 12.0. The van der Waals surface area contributed by atoms with Crippen LogP contribution in [0.2, 0.25) is 0 Å². The molecule has 1 aromatic rings. The van der Waals surface area contributed by atoms with Crippen LogP contribution in [0.15, 0.2) is 12.3 Å². The van der Waals surface area contributed by atoms with Crippen molar-refractivity contribution in [2.45, 2.75) is 52.6 Å². The van der Waals surface area contributed by atoms with Crippen LogP contribution in [-0.4, -0.2) is 29.0 Å². The summed E-state index contributed by atoms with van der Waals surface area (Å²) in [6.45, 7) is 7.75. The van der Waals surface area contributed by atoms with Crippen LogP contribution in [-0.2, 0) is 4.74 Å². The minimum absolute atomic E-state index is 0.0351. The number of nitrogens with two attached hydrogens (primary N) is 1. The molecule has 1 aromatic heterocycles. The second kappa shape index (κ2) is 7.77. The Bertz CT molecular complexity index is 536. The number of carbonyl (C=O) groups is 2. The first-order valence-corrected chi connectivity index (χ1v) is 7.41. The summed E-state index contributed by atoms with van der Waals surface area (Å²) < 4.78 is 5.12. The Morgan fingerprint density at radius 3 is 2.59 bits per heavy atom. The number of Topliss-reactive ketones (excluding diaryl/α,β-unsaturated/α-hetero) is 1. The summed E-state index contributed by atoms with van der Waals surface area (Å²) in [6.07, 6.45) is 2.90. The fourth-order valence-electron chi connectivity index (χ4n) is 1.80. The van der Waals surface area contributed by atoms with Crippen molar-refractivity contribution >= 4 is 17.7 Å². The molecular formula is C16H25N3O3. The molecule has 0 aromatic carbocycles. The van der Waals surface area contributed by atoms with Gasteiger partial charge in [-0.05, 0) is 52.2 Å². The molecule has 0 saturated heterocycles. The summed E-state index contributed by atoms with van der Waals surface area (Å²) in [5, 5.41) is 2.67. The van der Waals surface area contributed by atoms with Crippen LogP contribution in [0.3, 0.4) is 0 Å². The third-order valence-electron chi connectivity index (χ3n) is 2.94. The highest BCUT2D eigenvalue weighted by atomic mass is 16.6. The van der Waals surface area contributed by atoms with E-state index in [0.29, 0.717) is 37.2 Å². The van der Waals surface area contributed by atoms with Gasteiger partial charge in [-0.25, -0.2) is 9.78 Å². The van der Waals surface area contributed by atoms with Gasteiger partial charge in [0.25, 0.3) is 0 Å². The van der Waals surface area contributed by atoms with Gasteiger partial charge in [0.15, 0.2) is 5.78 Å². The molecule has 6 nitrogen and oxygen atoms in total. The zero-order valence-corrected chi connectivity index (χ0v) is 13.7. The zero-order chi connectivity index (χ0) is 16.8. The van der Waals surface area contributed by atoms with Gasteiger partial charge in [0.1, 0.15) is 11.4 Å². The molecule has 3 N–H and O–H groups in total. The van der Waals surface area contributed by atoms with E-state index < -0.39 is 11.7 Å². The molecule has 0 unspecified atom stereocenters. The second-order valence-electron chi connectivity index (χ2n) is 6.24. The van der Waals surface area contributed by atoms with Gasteiger partial charge >= 0.3 is 6.09 Å². The predicted octanol–water partition coefficient (Wildman–Crippen LogP) is 2.85. The first-order valence-electron chi connectivity index (χ1n) is 7.41. The van der Waals surface area contributed by atoms with Crippen molar-refractivity contribution in [3.05, 3.63) is 23.4 Å². The SMILES string of the molecule is Cc1cc(C(=O)CCCCNC(=O)OC(C)(C)C)cnc1N. The van der Waals surface area contributed by atoms with E-state index in [0.717, 1.165) is 5.56 Å². The molecule has 1 heterocycles. The molecule has 0 radical (unpaired) electrons. The lowest BCUT2D eigenvalue weighted by Crippen LogP contribution is -2.33. The summed E-state index contributed by atoms with van der Waals surface area (Å²) in [5.74, 6) is 0.478. The van der Waals surface area contributed by atoms with Gasteiger partial charge in [-0.2, -0.15) is 0 Å². The average molecular weight is 307 g/mol. The Kier molecular flexibility index (Phi) is 6.34. The number of nitrogen functional groups attached to an aromatic ring is 1. The fourth-order valence-corrected chi connectivity index (χ4v) is 1.80. The molecule has 6 heteroatoms. The lowest BCUT2D eigenvalue weighted by molar-refractivity contribution is 0.0527. The van der Waals surface area contributed by atoms with E-state index in [1.807, 2.05) is 27.7 Å². The Balaban J connectivity index is 2.25. The minimum Gasteiger partial charge on any atom is -0.444 e. The van der Waals surface area contributed by atoms with Crippen LogP contribution in [0, 0.1) is 6.92 Å². The maximum absolute atomic E-state index is 12.0. The Morgan fingerprint density at radius 1 is 1.32 bits per heavy atom. The molecule has 0 saturated carbocycles. The summed E-state index contributed by atoms with van der Waals surface area (Å²) in [5.41, 5.74) is 6.51. The van der Waals surface area contributed by atoms with Gasteiger partial charge in [-0.3, -0.25) is 4.79 Å². The second-order valence-corrected chi connectivity index (χ2v) is 6.24. The van der Waals surface area contributed by atoms with Crippen molar-refractivity contribution < 1.29 is 14.3 Å². The average Bonchev–Trinajstić information content (AvgIpc) is 2.39. The third kappa shape index (κ3) is 6.56. The summed E-state index contributed by atoms with van der Waals surface area (Å²) in [4.78, 5) is 27.4. The van der Waals surface area contributed by atoms with Gasteiger partial charge < -0.3 is 15.8 Å². The number of unbranched alkanes of at least 4 members (excludes halogenated alkanes) is 1. The number of hydrogen-bond donors (Lipinski definition) is 2. The number of amides is 1. The number of pyridine rings is 1. The Morgan fingerprint density at radius 2 is 2.00 bits per heavy atom. The van der Waals surface area contributed by atoms with Gasteiger partial charge in [0.05, 0.1) is 0 Å². The van der Waals surface area contributed by atoms with E-state index in [-0.39, 0.29) is 5.78 Å². The molecule has 1 amide bonds. The number of ketones is 1. The molecule has 122 valence electrons. The number of alkyl carbamates (subject to hydrolysis) is 1. The number of aryl methyl sites for hydroxylation is 1. The monoisotopic (exact) mass is 307 g/mol. The van der Waals surface area contributed by atoms with E-state index in [1.54, 1.807) is 6.07 Å². The van der Waals surface area contributed by atoms with Crippen molar-refractivity contribution in [3.63, 3.8) is 0 Å². The van der Waals surface area contributed by atoms with Crippen molar-refractivity contribution in [2.75, 3.05) is 12.3 Å². The highest BCUT2D eigenvalue weighted by Gasteiger charge is 2.15. The number of ether oxygens (including phenoxy) is 1. The molecular weight excluding hydrogens is 282 g/mol. The van der Waals surface area contributed by atoms with Crippen LogP contribution in [0.5, 0.6) is 0 Å². The largest absolute Gasteiger partial charge is 0.444 e. The van der Waals surface area contributed by atoms with Gasteiger partial charge in [0.2, 0.25) is 0 Å². The third-order valence-corrected chi connectivity index (χ3v) is 2.94. The van der Waals surface area contributed by atoms with Crippen LogP contribution >= 0.6 is 0 Å². The number of nitrogens with zero attached hydrogens (tertiary/aromatic N) is 1. The van der Waals surface area contributed by atoms with E-state index in [1.165, 1.54) is 6.20 Å². The lowest BCUT2D eigenvalue weighted by atomic mass is 10.1. The molecule has 1 rings (SSSR count). The molecule has 22 heavy (non-hydrogen) atoms. The van der Waals surface area contributed by atoms with E-state index >= 15 is 0 Å². The molecule has 0 spiro atoms. The smallest absolute Gasteiger partial charge is 0.407 e. The summed E-state index contributed by atoms with van der Waals surface area (Å²) in [6, 6.07) is 1.75. The quantitative estimate of drug-likeness (QED) is 0.622. The molecule has 0 aliphatic rings. The molecule has 0 bridgehead atoms. The molecule has 0 aliphatic heterocycles. The van der Waals surface area contributed by atoms with Crippen LogP contribution < -0.4 is 11.1 Å². The fraction of sp³-hybridized carbons (Fsp3) is 0.562. The molecule has 0 fully saturated rings. The number of hydrogen-bond acceptors (Lipinski definition) is 5. The zero-order valence-electron chi connectivity index (χ0n) is 13.7. The Labute approximate surface area is 131 Å². The number of aromatic nitrogens is 1. The summed E-state index contributed by atoms with van der Waals surface area (Å²) >= 11 is 0. The highest BCUT2D eigenvalue weighted by molar-refractivity contribution is 5.96. The first-order chi connectivity index (χ1) is 10.2. The normalized spacial score (nSPS) is 11.1. The standard InChI is InChI=1S/C16H25N3O3/c1-11-9-12(10-19-14(11)17)13(20)7-5-6-8-18-15(21)22-16(2,3)4/h9-10H,5-8H2,1-4H3,(H2,17,19)(H,18,21). The van der Waals surface area contributed by atoms with E-state index in [4.69, 9.17) is 10.5 Å². The molecule has 0 aliphatic carbocycles. The topological polar surface area (TPSA) is 94.3 Å². The van der Waals surface area contributed by atoms with Gasteiger partial charge in [-0.1, -0.05) is 0 Å². The van der Waals surface area contributed by atoms with Gasteiger partial charge in [0, 0.05) is 24.7 Å². The van der Waals surface area contributed by atoms with Crippen LogP contribution in [0.25, 0.3) is 0 Å².